The lowest BCUT2D eigenvalue weighted by atomic mass is 9.79. The van der Waals surface area contributed by atoms with Crippen molar-refractivity contribution >= 4 is 17.5 Å². The van der Waals surface area contributed by atoms with Gasteiger partial charge in [0.25, 0.3) is 5.91 Å². The summed E-state index contributed by atoms with van der Waals surface area (Å²) in [5.74, 6) is 6.36. The van der Waals surface area contributed by atoms with Gasteiger partial charge in [0.05, 0.1) is 16.8 Å². The highest BCUT2D eigenvalue weighted by Gasteiger charge is 2.45. The summed E-state index contributed by atoms with van der Waals surface area (Å²) in [6, 6.07) is 8.05. The smallest absolute Gasteiger partial charge is 0.280 e. The first-order valence-corrected chi connectivity index (χ1v) is 9.30. The molecule has 0 aromatic heterocycles. The fourth-order valence-electron chi connectivity index (χ4n) is 3.68. The number of hydrogen-bond acceptors (Lipinski definition) is 4. The number of hydrazine groups is 2. The number of rotatable bonds is 3. The van der Waals surface area contributed by atoms with Gasteiger partial charge in [0.2, 0.25) is 5.91 Å². The van der Waals surface area contributed by atoms with Crippen LogP contribution in [0.25, 0.3) is 0 Å². The molecule has 1 aliphatic heterocycles. The van der Waals surface area contributed by atoms with E-state index in [4.69, 9.17) is 11.7 Å². The van der Waals surface area contributed by atoms with Crippen LogP contribution in [0.1, 0.15) is 29.0 Å². The second-order valence-electron chi connectivity index (χ2n) is 7.25. The molecule has 2 unspecified atom stereocenters. The van der Waals surface area contributed by atoms with Crippen molar-refractivity contribution in [1.82, 2.24) is 5.01 Å². The van der Waals surface area contributed by atoms with Crippen molar-refractivity contribution in [3.8, 4) is 0 Å². The van der Waals surface area contributed by atoms with E-state index in [0.29, 0.717) is 11.1 Å². The van der Waals surface area contributed by atoms with Gasteiger partial charge in [-0.1, -0.05) is 30.3 Å². The standard InChI is InChI=1S/C20H18F6N4O2/c21-19(22,23)12-5-3-4-11(10-12)13-8-9-29(27)17(31)16(13)18(32)30(28)15-7-2-1-6-14(15)20(24,25)26/h1-7,10,13,16H,8-9,27-28H2. The molecular weight excluding hydrogens is 442 g/mol. The molecule has 3 rings (SSSR count). The summed E-state index contributed by atoms with van der Waals surface area (Å²) in [6.07, 6.45) is -9.50. The number of anilines is 1. The zero-order valence-electron chi connectivity index (χ0n) is 16.3. The molecule has 0 radical (unpaired) electrons. The number of nitrogens with zero attached hydrogens (tertiary/aromatic N) is 2. The van der Waals surface area contributed by atoms with Gasteiger partial charge < -0.3 is 0 Å². The molecule has 32 heavy (non-hydrogen) atoms. The SMILES string of the molecule is NN1CCC(c2cccc(C(F)(F)F)c2)C(C(=O)N(N)c2ccccc2C(F)(F)F)C1=O. The molecule has 1 saturated heterocycles. The molecule has 1 aliphatic rings. The van der Waals surface area contributed by atoms with Gasteiger partial charge in [-0.05, 0) is 30.2 Å². The number of halogens is 6. The van der Waals surface area contributed by atoms with Crippen LogP contribution in [0.4, 0.5) is 32.0 Å². The highest BCUT2D eigenvalue weighted by molar-refractivity contribution is 6.08. The van der Waals surface area contributed by atoms with Crippen LogP contribution >= 0.6 is 0 Å². The molecule has 1 heterocycles. The van der Waals surface area contributed by atoms with Gasteiger partial charge in [0.15, 0.2) is 0 Å². The number of carbonyl (C=O) groups excluding carboxylic acids is 2. The monoisotopic (exact) mass is 460 g/mol. The Morgan fingerprint density at radius 2 is 1.66 bits per heavy atom. The molecule has 2 amide bonds. The quantitative estimate of drug-likeness (QED) is 0.241. The summed E-state index contributed by atoms with van der Waals surface area (Å²) in [5, 5.41) is 0.904. The number of carbonyl (C=O) groups is 2. The number of hydrogen-bond donors (Lipinski definition) is 2. The summed E-state index contributed by atoms with van der Waals surface area (Å²) in [7, 11) is 0. The third kappa shape index (κ3) is 4.55. The Morgan fingerprint density at radius 3 is 2.28 bits per heavy atom. The zero-order valence-corrected chi connectivity index (χ0v) is 16.3. The predicted molar refractivity (Wildman–Crippen MR) is 101 cm³/mol. The Morgan fingerprint density at radius 1 is 1.00 bits per heavy atom. The van der Waals surface area contributed by atoms with E-state index in [-0.39, 0.29) is 23.5 Å². The minimum atomic E-state index is -4.84. The minimum absolute atomic E-state index is 0.00865. The van der Waals surface area contributed by atoms with Crippen molar-refractivity contribution in [3.63, 3.8) is 0 Å². The van der Waals surface area contributed by atoms with Crippen LogP contribution in [-0.2, 0) is 21.9 Å². The Hall–Kier alpha value is -3.12. The lowest BCUT2D eigenvalue weighted by Crippen LogP contribution is -2.55. The van der Waals surface area contributed by atoms with Gasteiger partial charge in [-0.15, -0.1) is 0 Å². The maximum absolute atomic E-state index is 13.4. The molecule has 1 fully saturated rings. The molecular formula is C20H18F6N4O2. The fourth-order valence-corrected chi connectivity index (χ4v) is 3.68. The molecule has 0 bridgehead atoms. The van der Waals surface area contributed by atoms with E-state index in [1.807, 2.05) is 0 Å². The Bertz CT molecular complexity index is 1020. The molecule has 172 valence electrons. The van der Waals surface area contributed by atoms with Crippen LogP contribution in [0, 0.1) is 5.92 Å². The fraction of sp³-hybridized carbons (Fsp3) is 0.300. The molecule has 12 heteroatoms. The van der Waals surface area contributed by atoms with E-state index in [1.165, 1.54) is 12.1 Å². The molecule has 0 spiro atoms. The summed E-state index contributed by atoms with van der Waals surface area (Å²) >= 11 is 0. The summed E-state index contributed by atoms with van der Waals surface area (Å²) < 4.78 is 79.5. The Labute approximate surface area is 178 Å². The number of piperidine rings is 1. The topological polar surface area (TPSA) is 92.7 Å². The van der Waals surface area contributed by atoms with E-state index in [0.717, 1.165) is 30.3 Å². The van der Waals surface area contributed by atoms with Crippen molar-refractivity contribution in [1.29, 1.82) is 0 Å². The predicted octanol–water partition coefficient (Wildman–Crippen LogP) is 3.44. The number of para-hydroxylation sites is 1. The molecule has 6 nitrogen and oxygen atoms in total. The van der Waals surface area contributed by atoms with Gasteiger partial charge in [0.1, 0.15) is 5.92 Å². The first-order chi connectivity index (χ1) is 14.8. The second-order valence-corrected chi connectivity index (χ2v) is 7.25. The van der Waals surface area contributed by atoms with Gasteiger partial charge in [-0.2, -0.15) is 26.3 Å². The Balaban J connectivity index is 2.03. The van der Waals surface area contributed by atoms with Gasteiger partial charge in [-0.3, -0.25) is 14.6 Å². The van der Waals surface area contributed by atoms with Crippen molar-refractivity contribution in [2.75, 3.05) is 11.6 Å². The van der Waals surface area contributed by atoms with E-state index >= 15 is 0 Å². The van der Waals surface area contributed by atoms with Crippen LogP contribution in [-0.4, -0.2) is 23.4 Å². The average molecular weight is 460 g/mol. The number of benzene rings is 2. The van der Waals surface area contributed by atoms with Crippen LogP contribution in [0.15, 0.2) is 48.5 Å². The van der Waals surface area contributed by atoms with Crippen LogP contribution < -0.4 is 16.7 Å². The number of nitrogens with two attached hydrogens (primary N) is 2. The van der Waals surface area contributed by atoms with Crippen LogP contribution in [0.5, 0.6) is 0 Å². The van der Waals surface area contributed by atoms with Crippen molar-refractivity contribution in [2.45, 2.75) is 24.7 Å². The third-order valence-electron chi connectivity index (χ3n) is 5.25. The van der Waals surface area contributed by atoms with E-state index in [2.05, 4.69) is 0 Å². The van der Waals surface area contributed by atoms with E-state index in [1.54, 1.807) is 0 Å². The summed E-state index contributed by atoms with van der Waals surface area (Å²) in [6.45, 7) is -0.0623. The van der Waals surface area contributed by atoms with Crippen molar-refractivity contribution < 1.29 is 35.9 Å². The summed E-state index contributed by atoms with van der Waals surface area (Å²) in [4.78, 5) is 25.8. The highest BCUT2D eigenvalue weighted by atomic mass is 19.4. The first kappa shape index (κ1) is 23.5. The van der Waals surface area contributed by atoms with Crippen molar-refractivity contribution in [2.24, 2.45) is 17.6 Å². The molecule has 0 saturated carbocycles. The summed E-state index contributed by atoms with van der Waals surface area (Å²) in [5.41, 5.74) is -2.87. The molecule has 0 aliphatic carbocycles. The third-order valence-corrected chi connectivity index (χ3v) is 5.25. The number of alkyl halides is 6. The van der Waals surface area contributed by atoms with Crippen LogP contribution in [0.2, 0.25) is 0 Å². The number of amides is 2. The largest absolute Gasteiger partial charge is 0.418 e. The molecule has 2 aromatic rings. The zero-order chi connectivity index (χ0) is 23.8. The average Bonchev–Trinajstić information content (AvgIpc) is 2.73. The maximum atomic E-state index is 13.4. The minimum Gasteiger partial charge on any atom is -0.280 e. The van der Waals surface area contributed by atoms with E-state index in [9.17, 15) is 35.9 Å². The maximum Gasteiger partial charge on any atom is 0.418 e. The lowest BCUT2D eigenvalue weighted by Gasteiger charge is -2.37. The second kappa shape index (κ2) is 8.43. The molecule has 2 atom stereocenters. The van der Waals surface area contributed by atoms with Gasteiger partial charge >= 0.3 is 12.4 Å². The lowest BCUT2D eigenvalue weighted by molar-refractivity contribution is -0.145. The van der Waals surface area contributed by atoms with E-state index < -0.39 is 52.8 Å². The Kier molecular flexibility index (Phi) is 6.20. The normalized spacial score (nSPS) is 19.8. The molecule has 2 aromatic carbocycles. The highest BCUT2D eigenvalue weighted by Crippen LogP contribution is 2.40. The first-order valence-electron chi connectivity index (χ1n) is 9.30. The van der Waals surface area contributed by atoms with Gasteiger partial charge in [-0.25, -0.2) is 16.7 Å². The van der Waals surface area contributed by atoms with Crippen LogP contribution in [0.3, 0.4) is 0 Å². The van der Waals surface area contributed by atoms with Gasteiger partial charge in [0, 0.05) is 12.5 Å². The molecule has 4 N–H and O–H groups in total. The van der Waals surface area contributed by atoms with Crippen molar-refractivity contribution in [3.05, 3.63) is 65.2 Å².